The van der Waals surface area contributed by atoms with Crippen LogP contribution in [0.15, 0.2) is 28.4 Å². The second-order valence-corrected chi connectivity index (χ2v) is 6.00. The third-order valence-corrected chi connectivity index (χ3v) is 4.54. The van der Waals surface area contributed by atoms with E-state index in [0.717, 1.165) is 0 Å². The molecule has 6 nitrogen and oxygen atoms in total. The van der Waals surface area contributed by atoms with Gasteiger partial charge in [0.15, 0.2) is 0 Å². The Bertz CT molecular complexity index is 743. The number of benzene rings is 1. The van der Waals surface area contributed by atoms with Gasteiger partial charge in [0.1, 0.15) is 12.0 Å². The standard InChI is InChI=1S/C15H14ClF2N3O3/c1-3-24-13(22)10-11(12(17)18)19-20-15(10)8-6-7(16)4-5-9(8)21(2)14(15)23/h4-6,10-12H,3H2,1-2H3. The SMILES string of the molecule is CCOC(=O)C1C(C(F)F)N=NC12C(=O)N(C)c1ccc(Cl)cc12. The topological polar surface area (TPSA) is 71.3 Å². The van der Waals surface area contributed by atoms with Crippen molar-refractivity contribution in [1.82, 2.24) is 0 Å². The highest BCUT2D eigenvalue weighted by Crippen LogP contribution is 2.53. The normalized spacial score (nSPS) is 28.1. The number of ether oxygens (including phenoxy) is 1. The van der Waals surface area contributed by atoms with Gasteiger partial charge in [0, 0.05) is 23.3 Å². The van der Waals surface area contributed by atoms with E-state index in [4.69, 9.17) is 16.3 Å². The Morgan fingerprint density at radius 1 is 1.50 bits per heavy atom. The molecule has 1 spiro atoms. The van der Waals surface area contributed by atoms with Gasteiger partial charge in [-0.1, -0.05) is 11.6 Å². The van der Waals surface area contributed by atoms with Gasteiger partial charge in [-0.25, -0.2) is 8.78 Å². The molecule has 1 aromatic carbocycles. The quantitative estimate of drug-likeness (QED) is 0.781. The number of hydrogen-bond acceptors (Lipinski definition) is 5. The molecule has 3 unspecified atom stereocenters. The minimum Gasteiger partial charge on any atom is -0.466 e. The van der Waals surface area contributed by atoms with Crippen LogP contribution in [0.3, 0.4) is 0 Å². The number of likely N-dealkylation sites (N-methyl/N-ethyl adjacent to an activating group) is 1. The van der Waals surface area contributed by atoms with Gasteiger partial charge in [0.05, 0.1) is 6.61 Å². The second-order valence-electron chi connectivity index (χ2n) is 5.56. The number of halogens is 3. The van der Waals surface area contributed by atoms with Crippen LogP contribution in [0.25, 0.3) is 0 Å². The summed E-state index contributed by atoms with van der Waals surface area (Å²) in [6, 6.07) is 2.86. The number of esters is 1. The fourth-order valence-electron chi connectivity index (χ4n) is 3.26. The molecule has 0 fully saturated rings. The summed E-state index contributed by atoms with van der Waals surface area (Å²) in [4.78, 5) is 26.5. The molecule has 0 saturated carbocycles. The first-order valence-electron chi connectivity index (χ1n) is 7.29. The van der Waals surface area contributed by atoms with Crippen LogP contribution >= 0.6 is 11.6 Å². The van der Waals surface area contributed by atoms with E-state index in [-0.39, 0.29) is 12.2 Å². The van der Waals surface area contributed by atoms with Crippen molar-refractivity contribution < 1.29 is 23.1 Å². The van der Waals surface area contributed by atoms with Gasteiger partial charge in [-0.3, -0.25) is 9.59 Å². The lowest BCUT2D eigenvalue weighted by Gasteiger charge is -2.27. The van der Waals surface area contributed by atoms with E-state index in [1.807, 2.05) is 0 Å². The molecule has 0 aliphatic carbocycles. The van der Waals surface area contributed by atoms with E-state index >= 15 is 0 Å². The highest BCUT2D eigenvalue weighted by molar-refractivity contribution is 6.31. The molecule has 0 aromatic heterocycles. The first-order valence-corrected chi connectivity index (χ1v) is 7.67. The van der Waals surface area contributed by atoms with Gasteiger partial charge in [-0.05, 0) is 25.1 Å². The predicted octanol–water partition coefficient (Wildman–Crippen LogP) is 2.79. The van der Waals surface area contributed by atoms with Crippen LogP contribution in [0.5, 0.6) is 0 Å². The van der Waals surface area contributed by atoms with Gasteiger partial charge in [-0.2, -0.15) is 10.2 Å². The molecule has 3 rings (SSSR count). The Balaban J connectivity index is 2.21. The van der Waals surface area contributed by atoms with E-state index in [1.54, 1.807) is 19.1 Å². The number of nitrogens with zero attached hydrogens (tertiary/aromatic N) is 3. The van der Waals surface area contributed by atoms with Crippen LogP contribution in [-0.2, 0) is 19.9 Å². The molecule has 1 aromatic rings. The Morgan fingerprint density at radius 2 is 2.21 bits per heavy atom. The molecule has 0 saturated heterocycles. The number of anilines is 1. The van der Waals surface area contributed by atoms with Crippen molar-refractivity contribution in [3.8, 4) is 0 Å². The lowest BCUT2D eigenvalue weighted by molar-refractivity contribution is -0.154. The zero-order chi connectivity index (χ0) is 17.6. The van der Waals surface area contributed by atoms with Crippen LogP contribution in [0, 0.1) is 5.92 Å². The predicted molar refractivity (Wildman–Crippen MR) is 81.3 cm³/mol. The lowest BCUT2D eigenvalue weighted by Crippen LogP contribution is -2.49. The third kappa shape index (κ3) is 2.12. The van der Waals surface area contributed by atoms with Gasteiger partial charge >= 0.3 is 5.97 Å². The smallest absolute Gasteiger partial charge is 0.314 e. The Morgan fingerprint density at radius 3 is 2.83 bits per heavy atom. The van der Waals surface area contributed by atoms with Crippen LogP contribution in [0.1, 0.15) is 12.5 Å². The van der Waals surface area contributed by atoms with Crippen LogP contribution < -0.4 is 4.90 Å². The van der Waals surface area contributed by atoms with Crippen LogP contribution in [0.2, 0.25) is 5.02 Å². The second kappa shape index (κ2) is 5.77. The van der Waals surface area contributed by atoms with Gasteiger partial charge < -0.3 is 9.64 Å². The summed E-state index contributed by atoms with van der Waals surface area (Å²) in [5.74, 6) is -3.07. The fraction of sp³-hybridized carbons (Fsp3) is 0.467. The summed E-state index contributed by atoms with van der Waals surface area (Å²) in [6.07, 6.45) is -2.95. The Labute approximate surface area is 141 Å². The molecule has 128 valence electrons. The number of hydrogen-bond donors (Lipinski definition) is 0. The zero-order valence-electron chi connectivity index (χ0n) is 12.9. The van der Waals surface area contributed by atoms with E-state index in [2.05, 4.69) is 10.2 Å². The molecule has 0 N–H and O–H groups in total. The van der Waals surface area contributed by atoms with Crippen molar-refractivity contribution in [2.45, 2.75) is 24.9 Å². The molecule has 24 heavy (non-hydrogen) atoms. The van der Waals surface area contributed by atoms with Crippen molar-refractivity contribution in [2.24, 2.45) is 16.1 Å². The summed E-state index contributed by atoms with van der Waals surface area (Å²) < 4.78 is 31.7. The number of fused-ring (bicyclic) bond motifs is 2. The third-order valence-electron chi connectivity index (χ3n) is 4.30. The van der Waals surface area contributed by atoms with E-state index in [0.29, 0.717) is 10.7 Å². The van der Waals surface area contributed by atoms with E-state index in [1.165, 1.54) is 18.0 Å². The summed E-state index contributed by atoms with van der Waals surface area (Å²) in [7, 11) is 1.48. The summed E-state index contributed by atoms with van der Waals surface area (Å²) in [5.41, 5.74) is -1.12. The number of alkyl halides is 2. The molecule has 2 aliphatic heterocycles. The number of azo groups is 1. The minimum atomic E-state index is -2.95. The first-order chi connectivity index (χ1) is 11.3. The molecule has 2 heterocycles. The number of carbonyl (C=O) groups is 2. The number of carbonyl (C=O) groups excluding carboxylic acids is 2. The summed E-state index contributed by atoms with van der Waals surface area (Å²) in [6.45, 7) is 1.55. The molecular formula is C15H14ClF2N3O3. The summed E-state index contributed by atoms with van der Waals surface area (Å²) in [5, 5.41) is 7.72. The fourth-order valence-corrected chi connectivity index (χ4v) is 3.43. The average molecular weight is 358 g/mol. The maximum atomic E-state index is 13.4. The first kappa shape index (κ1) is 16.8. The monoisotopic (exact) mass is 357 g/mol. The highest BCUT2D eigenvalue weighted by Gasteiger charge is 2.65. The molecular weight excluding hydrogens is 344 g/mol. The van der Waals surface area contributed by atoms with Crippen molar-refractivity contribution in [3.63, 3.8) is 0 Å². The molecule has 1 amide bonds. The van der Waals surface area contributed by atoms with Crippen molar-refractivity contribution >= 4 is 29.2 Å². The largest absolute Gasteiger partial charge is 0.466 e. The Kier molecular flexibility index (Phi) is 4.03. The molecule has 0 bridgehead atoms. The van der Waals surface area contributed by atoms with Gasteiger partial charge in [-0.15, -0.1) is 0 Å². The zero-order valence-corrected chi connectivity index (χ0v) is 13.6. The lowest BCUT2D eigenvalue weighted by atomic mass is 9.77. The number of amides is 1. The van der Waals surface area contributed by atoms with E-state index in [9.17, 15) is 18.4 Å². The van der Waals surface area contributed by atoms with Crippen LogP contribution in [0.4, 0.5) is 14.5 Å². The molecule has 2 aliphatic rings. The van der Waals surface area contributed by atoms with Gasteiger partial charge in [0.2, 0.25) is 5.54 Å². The molecule has 9 heteroatoms. The van der Waals surface area contributed by atoms with Gasteiger partial charge in [0.25, 0.3) is 12.3 Å². The Hall–Kier alpha value is -2.09. The number of rotatable bonds is 3. The highest BCUT2D eigenvalue weighted by atomic mass is 35.5. The summed E-state index contributed by atoms with van der Waals surface area (Å²) >= 11 is 6.00. The molecule has 3 atom stereocenters. The van der Waals surface area contributed by atoms with Crippen molar-refractivity contribution in [3.05, 3.63) is 28.8 Å². The van der Waals surface area contributed by atoms with Crippen molar-refractivity contribution in [2.75, 3.05) is 18.6 Å². The average Bonchev–Trinajstić information content (AvgIpc) is 3.02. The minimum absolute atomic E-state index is 0.00615. The maximum absolute atomic E-state index is 13.4. The van der Waals surface area contributed by atoms with Crippen LogP contribution in [-0.4, -0.2) is 38.0 Å². The van der Waals surface area contributed by atoms with Crippen molar-refractivity contribution in [1.29, 1.82) is 0 Å². The van der Waals surface area contributed by atoms with E-state index < -0.39 is 35.8 Å². The molecule has 0 radical (unpaired) electrons. The maximum Gasteiger partial charge on any atom is 0.314 e.